The van der Waals surface area contributed by atoms with Crippen LogP contribution in [-0.4, -0.2) is 19.6 Å². The van der Waals surface area contributed by atoms with E-state index in [0.29, 0.717) is 5.92 Å². The van der Waals surface area contributed by atoms with Gasteiger partial charge in [-0.15, -0.1) is 0 Å². The average Bonchev–Trinajstić information content (AvgIpc) is 3.09. The molecule has 0 saturated heterocycles. The number of rotatable bonds is 2. The average molecular weight is 431 g/mol. The van der Waals surface area contributed by atoms with E-state index in [2.05, 4.69) is 43.3 Å². The zero-order valence-corrected chi connectivity index (χ0v) is 19.2. The first-order chi connectivity index (χ1) is 14.8. The Bertz CT molecular complexity index is 1250. The van der Waals surface area contributed by atoms with E-state index in [1.807, 2.05) is 42.7 Å². The maximum absolute atomic E-state index is 6.14. The first-order valence-corrected chi connectivity index (χ1v) is 11.3. The molecule has 5 heteroatoms. The molecule has 1 aliphatic rings. The van der Waals surface area contributed by atoms with Gasteiger partial charge in [-0.2, -0.15) is 5.10 Å². The molecule has 0 spiro atoms. The number of pyridine rings is 1. The Hall–Kier alpha value is -2.72. The van der Waals surface area contributed by atoms with Crippen molar-refractivity contribution in [2.45, 2.75) is 47.0 Å². The van der Waals surface area contributed by atoms with E-state index in [1.54, 1.807) is 0 Å². The van der Waals surface area contributed by atoms with Crippen molar-refractivity contribution in [1.29, 1.82) is 0 Å². The lowest BCUT2D eigenvalue weighted by Gasteiger charge is -2.35. The van der Waals surface area contributed by atoms with E-state index in [9.17, 15) is 0 Å². The SMILES string of the molecule is Cc1nn2c3c(c(-c4cccnc4)nc2c1-c1ccc(Cl)cc1)C[C@H](C(C)(C)C)CC3. The van der Waals surface area contributed by atoms with Gasteiger partial charge in [0.2, 0.25) is 0 Å². The second kappa shape index (κ2) is 7.45. The molecule has 1 aliphatic carbocycles. The molecule has 1 atom stereocenters. The van der Waals surface area contributed by atoms with E-state index in [-0.39, 0.29) is 5.41 Å². The Morgan fingerprint density at radius 3 is 2.52 bits per heavy atom. The van der Waals surface area contributed by atoms with E-state index in [4.69, 9.17) is 21.7 Å². The molecule has 0 saturated carbocycles. The summed E-state index contributed by atoms with van der Waals surface area (Å²) in [6.07, 6.45) is 6.92. The van der Waals surface area contributed by atoms with Gasteiger partial charge in [-0.1, -0.05) is 44.5 Å². The predicted molar refractivity (Wildman–Crippen MR) is 126 cm³/mol. The fraction of sp³-hybridized carbons (Fsp3) is 0.346. The molecule has 3 heterocycles. The molecular weight excluding hydrogens is 404 g/mol. The lowest BCUT2D eigenvalue weighted by Crippen LogP contribution is -2.29. The topological polar surface area (TPSA) is 43.1 Å². The Morgan fingerprint density at radius 1 is 1.06 bits per heavy atom. The van der Waals surface area contributed by atoms with E-state index in [0.717, 1.165) is 58.0 Å². The van der Waals surface area contributed by atoms with Gasteiger partial charge >= 0.3 is 0 Å². The minimum atomic E-state index is 0.257. The van der Waals surface area contributed by atoms with Crippen LogP contribution in [0.1, 0.15) is 44.1 Å². The highest BCUT2D eigenvalue weighted by Crippen LogP contribution is 2.41. The van der Waals surface area contributed by atoms with Crippen molar-refractivity contribution in [3.8, 4) is 22.4 Å². The van der Waals surface area contributed by atoms with Crippen LogP contribution in [0.3, 0.4) is 0 Å². The lowest BCUT2D eigenvalue weighted by molar-refractivity contribution is 0.214. The Balaban J connectivity index is 1.79. The van der Waals surface area contributed by atoms with Crippen LogP contribution in [0.25, 0.3) is 28.0 Å². The smallest absolute Gasteiger partial charge is 0.164 e. The maximum Gasteiger partial charge on any atom is 0.164 e. The van der Waals surface area contributed by atoms with Gasteiger partial charge in [0.05, 0.1) is 11.4 Å². The first-order valence-electron chi connectivity index (χ1n) is 10.9. The molecule has 0 amide bonds. The fourth-order valence-electron chi connectivity index (χ4n) is 4.81. The molecular formula is C26H27ClN4. The maximum atomic E-state index is 6.14. The van der Waals surface area contributed by atoms with Gasteiger partial charge in [0, 0.05) is 39.8 Å². The van der Waals surface area contributed by atoms with Gasteiger partial charge in [-0.25, -0.2) is 9.50 Å². The van der Waals surface area contributed by atoms with E-state index in [1.165, 1.54) is 11.3 Å². The summed E-state index contributed by atoms with van der Waals surface area (Å²) >= 11 is 6.14. The van der Waals surface area contributed by atoms with Crippen LogP contribution in [0, 0.1) is 18.3 Å². The third-order valence-electron chi connectivity index (χ3n) is 6.62. The van der Waals surface area contributed by atoms with Crippen LogP contribution in [0.4, 0.5) is 0 Å². The second-order valence-electron chi connectivity index (χ2n) is 9.64. The van der Waals surface area contributed by atoms with E-state index >= 15 is 0 Å². The van der Waals surface area contributed by atoms with Gasteiger partial charge in [0.25, 0.3) is 0 Å². The highest BCUT2D eigenvalue weighted by molar-refractivity contribution is 6.30. The minimum Gasteiger partial charge on any atom is -0.264 e. The predicted octanol–water partition coefficient (Wildman–Crippen LogP) is 6.57. The molecule has 1 aromatic carbocycles. The summed E-state index contributed by atoms with van der Waals surface area (Å²) in [6, 6.07) is 12.0. The molecule has 0 aliphatic heterocycles. The number of nitrogens with zero attached hydrogens (tertiary/aromatic N) is 4. The minimum absolute atomic E-state index is 0.257. The summed E-state index contributed by atoms with van der Waals surface area (Å²) in [5.74, 6) is 0.613. The van der Waals surface area contributed by atoms with Crippen molar-refractivity contribution in [3.05, 3.63) is 70.8 Å². The number of aryl methyl sites for hydroxylation is 2. The zero-order chi connectivity index (χ0) is 21.8. The quantitative estimate of drug-likeness (QED) is 0.361. The first kappa shape index (κ1) is 20.2. The molecule has 4 nitrogen and oxygen atoms in total. The van der Waals surface area contributed by atoms with Gasteiger partial charge < -0.3 is 0 Å². The van der Waals surface area contributed by atoms with Gasteiger partial charge in [-0.3, -0.25) is 4.98 Å². The summed E-state index contributed by atoms with van der Waals surface area (Å²) in [5.41, 5.74) is 9.02. The highest BCUT2D eigenvalue weighted by atomic mass is 35.5. The van der Waals surface area contributed by atoms with Crippen molar-refractivity contribution in [1.82, 2.24) is 19.6 Å². The number of hydrogen-bond acceptors (Lipinski definition) is 3. The molecule has 0 fully saturated rings. The van der Waals surface area contributed by atoms with Gasteiger partial charge in [-0.05, 0) is 67.3 Å². The van der Waals surface area contributed by atoms with Crippen LogP contribution < -0.4 is 0 Å². The van der Waals surface area contributed by atoms with Gasteiger partial charge in [0.1, 0.15) is 0 Å². The molecule has 0 bridgehead atoms. The number of halogens is 1. The fourth-order valence-corrected chi connectivity index (χ4v) is 4.94. The summed E-state index contributed by atoms with van der Waals surface area (Å²) < 4.78 is 2.09. The van der Waals surface area contributed by atoms with Crippen molar-refractivity contribution in [2.24, 2.45) is 11.3 Å². The van der Waals surface area contributed by atoms with Crippen LogP contribution in [0.15, 0.2) is 48.8 Å². The standard InChI is InChI=1S/C26H27ClN4/c1-16-23(17-7-10-20(27)11-8-17)25-29-24(18-6-5-13-28-15-18)21-14-19(26(2,3)4)9-12-22(21)31(25)30-16/h5-8,10-11,13,15,19H,9,12,14H2,1-4H3/t19-/m1/s1. The normalized spacial score (nSPS) is 16.5. The number of aromatic nitrogens is 4. The van der Waals surface area contributed by atoms with E-state index < -0.39 is 0 Å². The second-order valence-corrected chi connectivity index (χ2v) is 10.1. The Kier molecular flexibility index (Phi) is 4.86. The zero-order valence-electron chi connectivity index (χ0n) is 18.5. The van der Waals surface area contributed by atoms with Crippen molar-refractivity contribution in [3.63, 3.8) is 0 Å². The van der Waals surface area contributed by atoms with Crippen LogP contribution in [0.5, 0.6) is 0 Å². The summed E-state index contributed by atoms with van der Waals surface area (Å²) in [6.45, 7) is 9.09. The lowest BCUT2D eigenvalue weighted by atomic mass is 9.71. The Morgan fingerprint density at radius 2 is 1.84 bits per heavy atom. The monoisotopic (exact) mass is 430 g/mol. The molecule has 0 radical (unpaired) electrons. The third-order valence-corrected chi connectivity index (χ3v) is 6.87. The molecule has 0 unspecified atom stereocenters. The summed E-state index contributed by atoms with van der Waals surface area (Å²) in [4.78, 5) is 9.60. The number of benzene rings is 1. The van der Waals surface area contributed by atoms with Crippen molar-refractivity contribution < 1.29 is 0 Å². The van der Waals surface area contributed by atoms with Crippen molar-refractivity contribution in [2.75, 3.05) is 0 Å². The third kappa shape index (κ3) is 3.53. The van der Waals surface area contributed by atoms with Crippen molar-refractivity contribution >= 4 is 17.2 Å². The molecule has 158 valence electrons. The number of fused-ring (bicyclic) bond motifs is 3. The molecule has 3 aromatic heterocycles. The summed E-state index contributed by atoms with van der Waals surface area (Å²) in [7, 11) is 0. The number of hydrogen-bond donors (Lipinski definition) is 0. The van der Waals surface area contributed by atoms with Crippen LogP contribution in [-0.2, 0) is 12.8 Å². The largest absolute Gasteiger partial charge is 0.264 e. The Labute approximate surface area is 188 Å². The summed E-state index contributed by atoms with van der Waals surface area (Å²) in [5, 5.41) is 5.68. The van der Waals surface area contributed by atoms with Gasteiger partial charge in [0.15, 0.2) is 5.65 Å². The molecule has 4 aromatic rings. The molecule has 31 heavy (non-hydrogen) atoms. The molecule has 5 rings (SSSR count). The van der Waals surface area contributed by atoms with Crippen LogP contribution in [0.2, 0.25) is 5.02 Å². The molecule has 0 N–H and O–H groups in total. The highest BCUT2D eigenvalue weighted by Gasteiger charge is 2.33. The van der Waals surface area contributed by atoms with Crippen LogP contribution >= 0.6 is 11.6 Å².